The van der Waals surface area contributed by atoms with Crippen LogP contribution in [-0.2, 0) is 9.53 Å². The van der Waals surface area contributed by atoms with Crippen LogP contribution in [-0.4, -0.2) is 23.5 Å². The Morgan fingerprint density at radius 3 is 2.80 bits per heavy atom. The Bertz CT molecular complexity index is 162. The first-order valence-corrected chi connectivity index (χ1v) is 2.67. The molecule has 10 heavy (non-hydrogen) atoms. The average Bonchev–Trinajstić information content (AvgIpc) is 1.90. The first-order valence-electron chi connectivity index (χ1n) is 2.67. The summed E-state index contributed by atoms with van der Waals surface area (Å²) in [5, 5.41) is 10.8. The molecule has 4 nitrogen and oxygen atoms in total. The molecule has 0 aromatic carbocycles. The van der Waals surface area contributed by atoms with Crippen LogP contribution < -0.4 is 0 Å². The van der Waals surface area contributed by atoms with Crippen LogP contribution in [0.2, 0.25) is 0 Å². The van der Waals surface area contributed by atoms with Gasteiger partial charge in [0, 0.05) is 0 Å². The summed E-state index contributed by atoms with van der Waals surface area (Å²) in [7, 11) is 0. The maximum absolute atomic E-state index is 10.3. The summed E-state index contributed by atoms with van der Waals surface area (Å²) in [6, 6.07) is 0. The molecule has 4 heteroatoms. The number of ether oxygens (including phenoxy) is 1. The van der Waals surface area contributed by atoms with Crippen molar-refractivity contribution in [3.63, 3.8) is 0 Å². The highest BCUT2D eigenvalue weighted by molar-refractivity contribution is 5.88. The van der Waals surface area contributed by atoms with Crippen molar-refractivity contribution in [3.05, 3.63) is 12.7 Å². The molecule has 0 saturated carbocycles. The van der Waals surface area contributed by atoms with Gasteiger partial charge in [-0.25, -0.2) is 0 Å². The second-order valence-electron chi connectivity index (χ2n) is 1.63. The zero-order valence-corrected chi connectivity index (χ0v) is 5.70. The Balaban J connectivity index is 3.66. The molecule has 0 heterocycles. The second kappa shape index (κ2) is 4.55. The van der Waals surface area contributed by atoms with Gasteiger partial charge >= 0.3 is 0 Å². The lowest BCUT2D eigenvalue weighted by atomic mass is 10.5. The van der Waals surface area contributed by atoms with Crippen LogP contribution in [0.5, 0.6) is 0 Å². The summed E-state index contributed by atoms with van der Waals surface area (Å²) in [5.41, 5.74) is 0. The van der Waals surface area contributed by atoms with Gasteiger partial charge in [-0.1, -0.05) is 6.58 Å². The van der Waals surface area contributed by atoms with E-state index in [1.807, 2.05) is 0 Å². The van der Waals surface area contributed by atoms with Crippen LogP contribution in [0, 0.1) is 0 Å². The first-order chi connectivity index (χ1) is 4.70. The largest absolute Gasteiger partial charge is 0.468 e. The van der Waals surface area contributed by atoms with E-state index in [-0.39, 0.29) is 18.3 Å². The van der Waals surface area contributed by atoms with Crippen molar-refractivity contribution < 1.29 is 14.7 Å². The predicted octanol–water partition coefficient (Wildman–Crippen LogP) is 0.566. The molecule has 56 valence electrons. The number of carbonyl (C=O) groups is 1. The van der Waals surface area contributed by atoms with Crippen LogP contribution in [0.4, 0.5) is 0 Å². The number of hydrogen-bond acceptors (Lipinski definition) is 4. The van der Waals surface area contributed by atoms with Gasteiger partial charge in [-0.3, -0.25) is 4.79 Å². The standard InChI is InChI=1S/C6H9NO3/c1-3-6(7-9)10-4-5(2)8/h3,9H,1,4H2,2H3. The van der Waals surface area contributed by atoms with Crippen molar-refractivity contribution in [1.82, 2.24) is 0 Å². The maximum Gasteiger partial charge on any atom is 0.249 e. The number of Topliss-reactive ketones (excluding diaryl/α,β-unsaturated/α-hetero) is 1. The summed E-state index contributed by atoms with van der Waals surface area (Å²) in [5.74, 6) is -0.182. The van der Waals surface area contributed by atoms with E-state index in [1.165, 1.54) is 13.0 Å². The molecule has 0 unspecified atom stereocenters. The fraction of sp³-hybridized carbons (Fsp3) is 0.333. The van der Waals surface area contributed by atoms with Gasteiger partial charge in [0.1, 0.15) is 6.61 Å². The summed E-state index contributed by atoms with van der Waals surface area (Å²) >= 11 is 0. The smallest absolute Gasteiger partial charge is 0.249 e. The highest BCUT2D eigenvalue weighted by Gasteiger charge is 1.96. The van der Waals surface area contributed by atoms with E-state index >= 15 is 0 Å². The summed E-state index contributed by atoms with van der Waals surface area (Å²) in [6.07, 6.45) is 1.21. The zero-order valence-electron chi connectivity index (χ0n) is 5.70. The molecule has 0 fully saturated rings. The molecule has 0 aliphatic carbocycles. The summed E-state index contributed by atoms with van der Waals surface area (Å²) in [6.45, 7) is 4.56. The number of nitrogens with zero attached hydrogens (tertiary/aromatic N) is 1. The molecule has 0 aliphatic rings. The third-order valence-electron chi connectivity index (χ3n) is 0.696. The lowest BCUT2D eigenvalue weighted by molar-refractivity contribution is -0.119. The zero-order chi connectivity index (χ0) is 7.98. The monoisotopic (exact) mass is 143 g/mol. The Labute approximate surface area is 58.8 Å². The van der Waals surface area contributed by atoms with Gasteiger partial charge < -0.3 is 9.94 Å². The lowest BCUT2D eigenvalue weighted by Crippen LogP contribution is -2.08. The fourth-order valence-electron chi connectivity index (χ4n) is 0.304. The van der Waals surface area contributed by atoms with Gasteiger partial charge in [0.05, 0.1) is 0 Å². The van der Waals surface area contributed by atoms with Crippen LogP contribution >= 0.6 is 0 Å². The molecular formula is C6H9NO3. The van der Waals surface area contributed by atoms with Crippen molar-refractivity contribution in [1.29, 1.82) is 0 Å². The van der Waals surface area contributed by atoms with E-state index < -0.39 is 0 Å². The van der Waals surface area contributed by atoms with E-state index in [2.05, 4.69) is 16.5 Å². The van der Waals surface area contributed by atoms with E-state index in [0.717, 1.165) is 0 Å². The minimum absolute atomic E-state index is 0.0461. The van der Waals surface area contributed by atoms with Gasteiger partial charge in [-0.2, -0.15) is 0 Å². The van der Waals surface area contributed by atoms with Crippen LogP contribution in [0.15, 0.2) is 17.8 Å². The van der Waals surface area contributed by atoms with Gasteiger partial charge in [0.15, 0.2) is 5.78 Å². The maximum atomic E-state index is 10.3. The molecule has 1 N–H and O–H groups in total. The fourth-order valence-corrected chi connectivity index (χ4v) is 0.304. The summed E-state index contributed by atoms with van der Waals surface area (Å²) in [4.78, 5) is 10.3. The van der Waals surface area contributed by atoms with Gasteiger partial charge in [-0.15, -0.1) is 0 Å². The first kappa shape index (κ1) is 8.68. The van der Waals surface area contributed by atoms with Gasteiger partial charge in [0.2, 0.25) is 5.90 Å². The molecule has 0 bridgehead atoms. The molecule has 0 saturated heterocycles. The number of ketones is 1. The van der Waals surface area contributed by atoms with E-state index in [9.17, 15) is 4.79 Å². The highest BCUT2D eigenvalue weighted by Crippen LogP contribution is 1.83. The quantitative estimate of drug-likeness (QED) is 0.272. The van der Waals surface area contributed by atoms with Crippen LogP contribution in [0.25, 0.3) is 0 Å². The average molecular weight is 143 g/mol. The molecule has 0 aliphatic heterocycles. The molecular weight excluding hydrogens is 134 g/mol. The third-order valence-corrected chi connectivity index (χ3v) is 0.696. The van der Waals surface area contributed by atoms with E-state index in [0.29, 0.717) is 0 Å². The number of carbonyl (C=O) groups excluding carboxylic acids is 1. The Morgan fingerprint density at radius 2 is 2.50 bits per heavy atom. The van der Waals surface area contributed by atoms with Gasteiger partial charge in [-0.05, 0) is 18.2 Å². The van der Waals surface area contributed by atoms with Crippen molar-refractivity contribution in [3.8, 4) is 0 Å². The van der Waals surface area contributed by atoms with Crippen molar-refractivity contribution >= 4 is 11.7 Å². The van der Waals surface area contributed by atoms with Crippen molar-refractivity contribution in [2.45, 2.75) is 6.92 Å². The van der Waals surface area contributed by atoms with E-state index in [4.69, 9.17) is 5.21 Å². The van der Waals surface area contributed by atoms with Crippen molar-refractivity contribution in [2.75, 3.05) is 6.61 Å². The molecule has 0 spiro atoms. The Morgan fingerprint density at radius 1 is 1.90 bits per heavy atom. The highest BCUT2D eigenvalue weighted by atomic mass is 16.5. The molecule has 0 amide bonds. The molecule has 0 atom stereocenters. The number of hydrogen-bond donors (Lipinski definition) is 1. The van der Waals surface area contributed by atoms with Crippen molar-refractivity contribution in [2.24, 2.45) is 5.16 Å². The molecule has 0 aromatic rings. The number of rotatable bonds is 3. The SMILES string of the molecule is C=CC(=NO)OCC(C)=O. The molecule has 0 rings (SSSR count). The third kappa shape index (κ3) is 3.65. The predicted molar refractivity (Wildman–Crippen MR) is 36.1 cm³/mol. The minimum atomic E-state index is -0.136. The second-order valence-corrected chi connectivity index (χ2v) is 1.63. The van der Waals surface area contributed by atoms with E-state index in [1.54, 1.807) is 0 Å². The number of oxime groups is 1. The van der Waals surface area contributed by atoms with Gasteiger partial charge in [0.25, 0.3) is 0 Å². The van der Waals surface area contributed by atoms with Crippen LogP contribution in [0.3, 0.4) is 0 Å². The normalized spacial score (nSPS) is 10.7. The summed E-state index contributed by atoms with van der Waals surface area (Å²) < 4.78 is 4.63. The molecule has 0 radical (unpaired) electrons. The molecule has 0 aromatic heterocycles. The topological polar surface area (TPSA) is 58.9 Å². The Hall–Kier alpha value is -1.32. The van der Waals surface area contributed by atoms with Crippen LogP contribution in [0.1, 0.15) is 6.92 Å². The minimum Gasteiger partial charge on any atom is -0.468 e. The Kier molecular flexibility index (Phi) is 3.95. The lowest BCUT2D eigenvalue weighted by Gasteiger charge is -1.98.